The molecule has 0 spiro atoms. The van der Waals surface area contributed by atoms with Gasteiger partial charge in [-0.25, -0.2) is 0 Å². The lowest BCUT2D eigenvalue weighted by Gasteiger charge is -2.05. The Bertz CT molecular complexity index is 513. The number of carbonyl (C=O) groups excluding carboxylic acids is 1. The standard InChI is InChI=1S/C11H15N5O/c1-9-4-6-16(14-9)8-11(17)12-7-10-3-5-13-15(10)2/h3-6H,7-8H2,1-2H3,(H,12,17). The number of carbonyl (C=O) groups is 1. The summed E-state index contributed by atoms with van der Waals surface area (Å²) in [6.45, 7) is 2.62. The van der Waals surface area contributed by atoms with Crippen molar-refractivity contribution in [2.45, 2.75) is 20.0 Å². The number of nitrogens with one attached hydrogen (secondary N) is 1. The fraction of sp³-hybridized carbons (Fsp3) is 0.364. The van der Waals surface area contributed by atoms with Gasteiger partial charge in [0.05, 0.1) is 17.9 Å². The highest BCUT2D eigenvalue weighted by Gasteiger charge is 2.05. The Morgan fingerprint density at radius 2 is 2.29 bits per heavy atom. The monoisotopic (exact) mass is 233 g/mol. The number of aromatic nitrogens is 4. The van der Waals surface area contributed by atoms with E-state index in [1.54, 1.807) is 21.8 Å². The van der Waals surface area contributed by atoms with E-state index >= 15 is 0 Å². The van der Waals surface area contributed by atoms with E-state index in [-0.39, 0.29) is 12.5 Å². The SMILES string of the molecule is Cc1ccn(CC(=O)NCc2ccnn2C)n1. The maximum atomic E-state index is 11.6. The lowest BCUT2D eigenvalue weighted by atomic mass is 10.4. The smallest absolute Gasteiger partial charge is 0.242 e. The van der Waals surface area contributed by atoms with Crippen LogP contribution in [0.4, 0.5) is 0 Å². The topological polar surface area (TPSA) is 64.7 Å². The van der Waals surface area contributed by atoms with Gasteiger partial charge in [0, 0.05) is 19.4 Å². The molecule has 0 saturated carbocycles. The summed E-state index contributed by atoms with van der Waals surface area (Å²) in [7, 11) is 1.85. The van der Waals surface area contributed by atoms with Gasteiger partial charge in [-0.3, -0.25) is 14.2 Å². The van der Waals surface area contributed by atoms with Crippen LogP contribution in [-0.2, 0) is 24.9 Å². The lowest BCUT2D eigenvalue weighted by Crippen LogP contribution is -2.28. The summed E-state index contributed by atoms with van der Waals surface area (Å²) in [5.74, 6) is -0.0608. The largest absolute Gasteiger partial charge is 0.349 e. The first-order valence-corrected chi connectivity index (χ1v) is 5.39. The van der Waals surface area contributed by atoms with E-state index in [2.05, 4.69) is 15.5 Å². The average molecular weight is 233 g/mol. The third kappa shape index (κ3) is 2.93. The van der Waals surface area contributed by atoms with Gasteiger partial charge in [-0.2, -0.15) is 10.2 Å². The molecule has 2 rings (SSSR count). The van der Waals surface area contributed by atoms with Crippen molar-refractivity contribution in [3.8, 4) is 0 Å². The lowest BCUT2D eigenvalue weighted by molar-refractivity contribution is -0.122. The number of rotatable bonds is 4. The highest BCUT2D eigenvalue weighted by Crippen LogP contribution is 1.96. The molecule has 0 radical (unpaired) electrons. The average Bonchev–Trinajstić information content (AvgIpc) is 2.85. The summed E-state index contributed by atoms with van der Waals surface area (Å²) < 4.78 is 3.35. The molecular weight excluding hydrogens is 218 g/mol. The summed E-state index contributed by atoms with van der Waals surface area (Å²) >= 11 is 0. The van der Waals surface area contributed by atoms with Crippen LogP contribution in [0.1, 0.15) is 11.4 Å². The number of hydrogen-bond acceptors (Lipinski definition) is 3. The van der Waals surface area contributed by atoms with Crippen LogP contribution in [0.25, 0.3) is 0 Å². The number of amides is 1. The van der Waals surface area contributed by atoms with Gasteiger partial charge in [-0.05, 0) is 19.1 Å². The van der Waals surface area contributed by atoms with E-state index < -0.39 is 0 Å². The molecule has 6 nitrogen and oxygen atoms in total. The Morgan fingerprint density at radius 1 is 1.47 bits per heavy atom. The molecule has 0 bridgehead atoms. The van der Waals surface area contributed by atoms with Crippen LogP contribution in [0.2, 0.25) is 0 Å². The van der Waals surface area contributed by atoms with E-state index in [9.17, 15) is 4.79 Å². The van der Waals surface area contributed by atoms with Gasteiger partial charge >= 0.3 is 0 Å². The van der Waals surface area contributed by atoms with Crippen LogP contribution in [0.15, 0.2) is 24.5 Å². The molecule has 2 heterocycles. The molecule has 90 valence electrons. The van der Waals surface area contributed by atoms with Gasteiger partial charge in [0.1, 0.15) is 6.54 Å². The highest BCUT2D eigenvalue weighted by atomic mass is 16.2. The first kappa shape index (κ1) is 11.4. The molecule has 0 aliphatic carbocycles. The highest BCUT2D eigenvalue weighted by molar-refractivity contribution is 5.75. The molecule has 0 aliphatic heterocycles. The van der Waals surface area contributed by atoms with Crippen LogP contribution in [-0.4, -0.2) is 25.5 Å². The molecular formula is C11H15N5O. The summed E-state index contributed by atoms with van der Waals surface area (Å²) in [6.07, 6.45) is 3.50. The minimum absolute atomic E-state index is 0.0608. The van der Waals surface area contributed by atoms with E-state index in [1.807, 2.05) is 26.1 Å². The molecule has 1 amide bonds. The van der Waals surface area contributed by atoms with Crippen LogP contribution < -0.4 is 5.32 Å². The van der Waals surface area contributed by atoms with E-state index in [4.69, 9.17) is 0 Å². The Labute approximate surface area is 99.2 Å². The molecule has 0 aromatic carbocycles. The quantitative estimate of drug-likeness (QED) is 0.822. The fourth-order valence-corrected chi connectivity index (χ4v) is 1.52. The number of aryl methyl sites for hydroxylation is 2. The van der Waals surface area contributed by atoms with E-state index in [0.29, 0.717) is 6.54 Å². The predicted molar refractivity (Wildman–Crippen MR) is 62.0 cm³/mol. The summed E-state index contributed by atoms with van der Waals surface area (Å²) in [6, 6.07) is 3.74. The van der Waals surface area contributed by atoms with Gasteiger partial charge in [0.25, 0.3) is 0 Å². The third-order valence-corrected chi connectivity index (χ3v) is 2.47. The minimum atomic E-state index is -0.0608. The maximum Gasteiger partial charge on any atom is 0.242 e. The number of nitrogens with zero attached hydrogens (tertiary/aromatic N) is 4. The first-order chi connectivity index (χ1) is 8.15. The number of hydrogen-bond donors (Lipinski definition) is 1. The van der Waals surface area contributed by atoms with Crippen molar-refractivity contribution in [1.29, 1.82) is 0 Å². The van der Waals surface area contributed by atoms with Crippen molar-refractivity contribution in [2.24, 2.45) is 7.05 Å². The summed E-state index contributed by atoms with van der Waals surface area (Å²) in [5.41, 5.74) is 1.87. The Morgan fingerprint density at radius 3 is 2.88 bits per heavy atom. The second-order valence-corrected chi connectivity index (χ2v) is 3.88. The molecule has 2 aromatic heterocycles. The van der Waals surface area contributed by atoms with Crippen LogP contribution >= 0.6 is 0 Å². The normalized spacial score (nSPS) is 10.5. The second kappa shape index (κ2) is 4.82. The van der Waals surface area contributed by atoms with Crippen molar-refractivity contribution in [3.05, 3.63) is 35.9 Å². The molecule has 1 N–H and O–H groups in total. The summed E-state index contributed by atoms with van der Waals surface area (Å²) in [5, 5.41) is 11.0. The maximum absolute atomic E-state index is 11.6. The molecule has 2 aromatic rings. The molecule has 0 fully saturated rings. The Kier molecular flexibility index (Phi) is 3.22. The summed E-state index contributed by atoms with van der Waals surface area (Å²) in [4.78, 5) is 11.6. The predicted octanol–water partition coefficient (Wildman–Crippen LogP) is 0.241. The van der Waals surface area contributed by atoms with Crippen LogP contribution in [0, 0.1) is 6.92 Å². The fourth-order valence-electron chi connectivity index (χ4n) is 1.52. The third-order valence-electron chi connectivity index (χ3n) is 2.47. The Hall–Kier alpha value is -2.11. The molecule has 0 saturated heterocycles. The van der Waals surface area contributed by atoms with Crippen LogP contribution in [0.3, 0.4) is 0 Å². The first-order valence-electron chi connectivity index (χ1n) is 5.39. The zero-order valence-electron chi connectivity index (χ0n) is 9.92. The van der Waals surface area contributed by atoms with Gasteiger partial charge < -0.3 is 5.32 Å². The molecule has 0 aliphatic rings. The molecule has 17 heavy (non-hydrogen) atoms. The van der Waals surface area contributed by atoms with Gasteiger partial charge in [0.15, 0.2) is 0 Å². The van der Waals surface area contributed by atoms with Crippen molar-refractivity contribution >= 4 is 5.91 Å². The zero-order valence-corrected chi connectivity index (χ0v) is 9.92. The van der Waals surface area contributed by atoms with Crippen molar-refractivity contribution in [2.75, 3.05) is 0 Å². The molecule has 0 atom stereocenters. The van der Waals surface area contributed by atoms with E-state index in [0.717, 1.165) is 11.4 Å². The molecule has 0 unspecified atom stereocenters. The second-order valence-electron chi connectivity index (χ2n) is 3.88. The molecule has 6 heteroatoms. The van der Waals surface area contributed by atoms with E-state index in [1.165, 1.54) is 0 Å². The van der Waals surface area contributed by atoms with Crippen molar-refractivity contribution in [1.82, 2.24) is 24.9 Å². The van der Waals surface area contributed by atoms with Crippen molar-refractivity contribution in [3.63, 3.8) is 0 Å². The zero-order chi connectivity index (χ0) is 12.3. The minimum Gasteiger partial charge on any atom is -0.349 e. The van der Waals surface area contributed by atoms with Crippen molar-refractivity contribution < 1.29 is 4.79 Å². The Balaban J connectivity index is 1.84. The van der Waals surface area contributed by atoms with Crippen LogP contribution in [0.5, 0.6) is 0 Å². The van der Waals surface area contributed by atoms with Gasteiger partial charge in [-0.15, -0.1) is 0 Å². The van der Waals surface area contributed by atoms with Gasteiger partial charge in [-0.1, -0.05) is 0 Å². The van der Waals surface area contributed by atoms with Gasteiger partial charge in [0.2, 0.25) is 5.91 Å².